The van der Waals surface area contributed by atoms with Crippen molar-refractivity contribution in [3.8, 4) is 16.9 Å². The fourth-order valence-electron chi connectivity index (χ4n) is 1.99. The lowest BCUT2D eigenvalue weighted by Gasteiger charge is -2.00. The first kappa shape index (κ1) is 11.6. The second-order valence-electron chi connectivity index (χ2n) is 4.50. The summed E-state index contributed by atoms with van der Waals surface area (Å²) in [6.07, 6.45) is 5.30. The van der Waals surface area contributed by atoms with Crippen LogP contribution in [0.2, 0.25) is 0 Å². The zero-order valence-electron chi connectivity index (χ0n) is 10.9. The molecule has 94 valence electrons. The van der Waals surface area contributed by atoms with Crippen molar-refractivity contribution in [2.75, 3.05) is 0 Å². The summed E-state index contributed by atoms with van der Waals surface area (Å²) in [5.41, 5.74) is 5.17. The van der Waals surface area contributed by atoms with Crippen LogP contribution in [0.5, 0.6) is 0 Å². The summed E-state index contributed by atoms with van der Waals surface area (Å²) < 4.78 is 1.88. The Balaban J connectivity index is 2.04. The Morgan fingerprint density at radius 1 is 1.00 bits per heavy atom. The number of aromatic nitrogens is 4. The maximum absolute atomic E-state index is 4.54. The minimum absolute atomic E-state index is 0.894. The maximum atomic E-state index is 4.54. The van der Waals surface area contributed by atoms with E-state index in [4.69, 9.17) is 0 Å². The quantitative estimate of drug-likeness (QED) is 0.702. The molecule has 0 aliphatic rings. The van der Waals surface area contributed by atoms with Crippen molar-refractivity contribution < 1.29 is 0 Å². The summed E-state index contributed by atoms with van der Waals surface area (Å²) in [6.45, 7) is 4.06. The molecule has 0 amide bonds. The average Bonchev–Trinajstić information content (AvgIpc) is 2.83. The normalized spacial score (nSPS) is 10.6. The summed E-state index contributed by atoms with van der Waals surface area (Å²) in [6, 6.07) is 10.2. The zero-order chi connectivity index (χ0) is 13.2. The number of rotatable bonds is 2. The summed E-state index contributed by atoms with van der Waals surface area (Å²) in [5.74, 6) is 0. The number of hydrogen-bond donors (Lipinski definition) is 0. The molecule has 0 aliphatic heterocycles. The molecule has 0 unspecified atom stereocenters. The molecule has 19 heavy (non-hydrogen) atoms. The molecule has 1 aromatic carbocycles. The van der Waals surface area contributed by atoms with E-state index in [1.165, 1.54) is 5.56 Å². The highest BCUT2D eigenvalue weighted by molar-refractivity contribution is 5.61. The average molecular weight is 250 g/mol. The molecular weight excluding hydrogens is 236 g/mol. The Bertz CT molecular complexity index is 684. The number of hydrogen-bond acceptors (Lipinski definition) is 3. The molecule has 0 bridgehead atoms. The maximum Gasteiger partial charge on any atom is 0.116 e. The predicted molar refractivity (Wildman–Crippen MR) is 74.1 cm³/mol. The van der Waals surface area contributed by atoms with Crippen molar-refractivity contribution in [2.24, 2.45) is 0 Å². The van der Waals surface area contributed by atoms with Gasteiger partial charge in [-0.1, -0.05) is 17.7 Å². The Hall–Kier alpha value is -2.49. The van der Waals surface area contributed by atoms with Crippen LogP contribution in [-0.2, 0) is 0 Å². The van der Waals surface area contributed by atoms with Crippen LogP contribution in [0.3, 0.4) is 0 Å². The van der Waals surface area contributed by atoms with Crippen molar-refractivity contribution in [1.29, 1.82) is 0 Å². The third-order valence-corrected chi connectivity index (χ3v) is 3.06. The molecule has 0 N–H and O–H groups in total. The molecule has 3 rings (SSSR count). The van der Waals surface area contributed by atoms with Crippen LogP contribution in [0.4, 0.5) is 0 Å². The van der Waals surface area contributed by atoms with E-state index in [-0.39, 0.29) is 0 Å². The van der Waals surface area contributed by atoms with Crippen molar-refractivity contribution in [1.82, 2.24) is 19.7 Å². The highest BCUT2D eigenvalue weighted by atomic mass is 15.3. The molecule has 2 aromatic heterocycles. The second-order valence-corrected chi connectivity index (χ2v) is 4.50. The number of aryl methyl sites for hydroxylation is 2. The summed E-state index contributed by atoms with van der Waals surface area (Å²) in [4.78, 5) is 8.20. The molecule has 0 spiro atoms. The molecule has 0 atom stereocenters. The third kappa shape index (κ3) is 2.25. The zero-order valence-corrected chi connectivity index (χ0v) is 10.9. The van der Waals surface area contributed by atoms with Gasteiger partial charge in [0.05, 0.1) is 17.1 Å². The van der Waals surface area contributed by atoms with Crippen LogP contribution in [0.15, 0.2) is 49.1 Å². The summed E-state index contributed by atoms with van der Waals surface area (Å²) in [7, 11) is 0. The van der Waals surface area contributed by atoms with Crippen LogP contribution in [-0.4, -0.2) is 19.7 Å². The first-order valence-corrected chi connectivity index (χ1v) is 6.14. The van der Waals surface area contributed by atoms with Gasteiger partial charge in [0.25, 0.3) is 0 Å². The van der Waals surface area contributed by atoms with Gasteiger partial charge in [0.2, 0.25) is 0 Å². The van der Waals surface area contributed by atoms with Gasteiger partial charge in [-0.3, -0.25) is 0 Å². The van der Waals surface area contributed by atoms with Gasteiger partial charge in [-0.05, 0) is 32.0 Å². The fraction of sp³-hybridized carbons (Fsp3) is 0.133. The summed E-state index contributed by atoms with van der Waals surface area (Å²) >= 11 is 0. The first-order valence-electron chi connectivity index (χ1n) is 6.14. The van der Waals surface area contributed by atoms with E-state index in [9.17, 15) is 0 Å². The topological polar surface area (TPSA) is 43.6 Å². The highest BCUT2D eigenvalue weighted by Gasteiger charge is 2.09. The van der Waals surface area contributed by atoms with Gasteiger partial charge in [-0.15, -0.1) is 0 Å². The highest BCUT2D eigenvalue weighted by Crippen LogP contribution is 2.21. The minimum atomic E-state index is 0.894. The van der Waals surface area contributed by atoms with E-state index in [2.05, 4.69) is 46.3 Å². The van der Waals surface area contributed by atoms with Gasteiger partial charge in [0.15, 0.2) is 0 Å². The molecule has 4 heteroatoms. The Kier molecular flexibility index (Phi) is 2.83. The molecule has 0 radical (unpaired) electrons. The lowest BCUT2D eigenvalue weighted by atomic mass is 10.2. The van der Waals surface area contributed by atoms with E-state index in [1.54, 1.807) is 12.5 Å². The van der Waals surface area contributed by atoms with E-state index >= 15 is 0 Å². The van der Waals surface area contributed by atoms with Crippen molar-refractivity contribution in [3.63, 3.8) is 0 Å². The van der Waals surface area contributed by atoms with Gasteiger partial charge < -0.3 is 0 Å². The van der Waals surface area contributed by atoms with Crippen LogP contribution in [0.25, 0.3) is 16.9 Å². The van der Waals surface area contributed by atoms with E-state index in [1.807, 2.05) is 23.9 Å². The Labute approximate surface area is 111 Å². The Morgan fingerprint density at radius 3 is 2.47 bits per heavy atom. The monoisotopic (exact) mass is 250 g/mol. The third-order valence-electron chi connectivity index (χ3n) is 3.06. The molecule has 3 aromatic rings. The first-order chi connectivity index (χ1) is 9.24. The van der Waals surface area contributed by atoms with Gasteiger partial charge in [-0.2, -0.15) is 5.10 Å². The van der Waals surface area contributed by atoms with Gasteiger partial charge in [-0.25, -0.2) is 14.6 Å². The van der Waals surface area contributed by atoms with Crippen molar-refractivity contribution in [3.05, 3.63) is 60.3 Å². The standard InChI is InChI=1S/C15H14N4/c1-11-3-5-13(6-4-11)19-9-14(12(2)18-19)15-7-8-16-10-17-15/h3-10H,1-2H3. The molecule has 0 saturated heterocycles. The van der Waals surface area contributed by atoms with E-state index < -0.39 is 0 Å². The van der Waals surface area contributed by atoms with E-state index in [0.29, 0.717) is 0 Å². The smallest absolute Gasteiger partial charge is 0.116 e. The van der Waals surface area contributed by atoms with Crippen LogP contribution in [0, 0.1) is 13.8 Å². The summed E-state index contributed by atoms with van der Waals surface area (Å²) in [5, 5.41) is 4.54. The van der Waals surface area contributed by atoms with Gasteiger partial charge in [0, 0.05) is 18.0 Å². The largest absolute Gasteiger partial charge is 0.245 e. The molecular formula is C15H14N4. The molecule has 0 fully saturated rings. The van der Waals surface area contributed by atoms with Crippen LogP contribution < -0.4 is 0 Å². The van der Waals surface area contributed by atoms with Crippen molar-refractivity contribution >= 4 is 0 Å². The lowest BCUT2D eigenvalue weighted by Crippen LogP contribution is -1.94. The second kappa shape index (κ2) is 4.65. The predicted octanol–water partition coefficient (Wildman–Crippen LogP) is 2.95. The molecule has 0 aliphatic carbocycles. The van der Waals surface area contributed by atoms with Gasteiger partial charge in [0.1, 0.15) is 6.33 Å². The molecule has 2 heterocycles. The van der Waals surface area contributed by atoms with Crippen LogP contribution in [0.1, 0.15) is 11.3 Å². The molecule has 4 nitrogen and oxygen atoms in total. The number of nitrogens with zero attached hydrogens (tertiary/aromatic N) is 4. The van der Waals surface area contributed by atoms with Crippen LogP contribution >= 0.6 is 0 Å². The number of benzene rings is 1. The fourth-order valence-corrected chi connectivity index (χ4v) is 1.99. The molecule has 0 saturated carbocycles. The lowest BCUT2D eigenvalue weighted by molar-refractivity contribution is 0.862. The minimum Gasteiger partial charge on any atom is -0.245 e. The SMILES string of the molecule is Cc1ccc(-n2cc(-c3ccncn3)c(C)n2)cc1. The Morgan fingerprint density at radius 2 is 1.79 bits per heavy atom. The van der Waals surface area contributed by atoms with Crippen molar-refractivity contribution in [2.45, 2.75) is 13.8 Å². The van der Waals surface area contributed by atoms with E-state index in [0.717, 1.165) is 22.6 Å². The van der Waals surface area contributed by atoms with Gasteiger partial charge >= 0.3 is 0 Å².